The molecule has 1 N–H and O–H groups in total. The van der Waals surface area contributed by atoms with Gasteiger partial charge in [-0.15, -0.1) is 11.3 Å². The number of thiazole rings is 1. The zero-order valence-electron chi connectivity index (χ0n) is 7.35. The van der Waals surface area contributed by atoms with Crippen molar-refractivity contribution in [3.63, 3.8) is 0 Å². The largest absolute Gasteiger partial charge is 0.396 e. The molecule has 0 saturated carbocycles. The Hall–Kier alpha value is -0.450. The maximum absolute atomic E-state index is 9.16. The fourth-order valence-corrected chi connectivity index (χ4v) is 2.47. The van der Waals surface area contributed by atoms with Gasteiger partial charge in [0.2, 0.25) is 0 Å². The van der Waals surface area contributed by atoms with E-state index in [0.717, 1.165) is 24.3 Å². The summed E-state index contributed by atoms with van der Waals surface area (Å²) in [5, 5.41) is 9.16. The van der Waals surface area contributed by atoms with Gasteiger partial charge in [-0.1, -0.05) is 0 Å². The van der Waals surface area contributed by atoms with Crippen LogP contribution in [-0.2, 0) is 4.74 Å². The molecule has 2 unspecified atom stereocenters. The summed E-state index contributed by atoms with van der Waals surface area (Å²) in [6.45, 7) is 1.02. The first-order valence-corrected chi connectivity index (χ1v) is 5.40. The molecular weight excluding hydrogens is 186 g/mol. The highest BCUT2D eigenvalue weighted by atomic mass is 32.1. The van der Waals surface area contributed by atoms with Crippen molar-refractivity contribution in [1.29, 1.82) is 0 Å². The second-order valence-electron chi connectivity index (χ2n) is 3.28. The van der Waals surface area contributed by atoms with Crippen LogP contribution < -0.4 is 0 Å². The number of nitrogens with zero attached hydrogens (tertiary/aromatic N) is 1. The molecule has 1 saturated heterocycles. The van der Waals surface area contributed by atoms with Crippen molar-refractivity contribution in [3.05, 3.63) is 16.6 Å². The highest BCUT2D eigenvalue weighted by Crippen LogP contribution is 2.34. The number of rotatable bonds is 2. The summed E-state index contributed by atoms with van der Waals surface area (Å²) in [5.41, 5.74) is 1.81. The highest BCUT2D eigenvalue weighted by molar-refractivity contribution is 7.09. The Morgan fingerprint density at radius 2 is 2.62 bits per heavy atom. The number of aliphatic hydroxyl groups is 1. The van der Waals surface area contributed by atoms with E-state index in [2.05, 4.69) is 4.98 Å². The van der Waals surface area contributed by atoms with E-state index >= 15 is 0 Å². The fraction of sp³-hybridized carbons (Fsp3) is 0.667. The van der Waals surface area contributed by atoms with Crippen molar-refractivity contribution in [1.82, 2.24) is 4.98 Å². The quantitative estimate of drug-likeness (QED) is 0.786. The Bertz CT molecular complexity index is 250. The number of aromatic nitrogens is 1. The normalized spacial score (nSPS) is 29.0. The Kier molecular flexibility index (Phi) is 2.93. The van der Waals surface area contributed by atoms with Gasteiger partial charge in [0.05, 0.1) is 16.5 Å². The van der Waals surface area contributed by atoms with Crippen molar-refractivity contribution in [2.45, 2.75) is 18.9 Å². The van der Waals surface area contributed by atoms with Gasteiger partial charge in [0.25, 0.3) is 0 Å². The first-order valence-electron chi connectivity index (χ1n) is 4.52. The molecule has 2 atom stereocenters. The van der Waals surface area contributed by atoms with Crippen LogP contribution in [0.1, 0.15) is 23.8 Å². The third kappa shape index (κ3) is 1.90. The van der Waals surface area contributed by atoms with Crippen molar-refractivity contribution in [3.8, 4) is 0 Å². The first kappa shape index (κ1) is 9.12. The molecular formula is C9H13NO2S. The summed E-state index contributed by atoms with van der Waals surface area (Å²) >= 11 is 1.60. The number of hydrogen-bond donors (Lipinski definition) is 1. The lowest BCUT2D eigenvalue weighted by atomic mass is 9.94. The zero-order valence-corrected chi connectivity index (χ0v) is 8.17. The molecule has 1 aliphatic rings. The maximum atomic E-state index is 9.16. The third-order valence-electron chi connectivity index (χ3n) is 2.41. The molecule has 0 aromatic carbocycles. The second-order valence-corrected chi connectivity index (χ2v) is 4.20. The monoisotopic (exact) mass is 199 g/mol. The molecule has 1 aliphatic heterocycles. The van der Waals surface area contributed by atoms with Crippen LogP contribution in [0, 0.1) is 5.92 Å². The number of aliphatic hydroxyl groups excluding tert-OH is 1. The van der Waals surface area contributed by atoms with Gasteiger partial charge in [-0.2, -0.15) is 0 Å². The van der Waals surface area contributed by atoms with Crippen LogP contribution in [0.15, 0.2) is 11.7 Å². The van der Waals surface area contributed by atoms with E-state index in [0.29, 0.717) is 0 Å². The molecule has 1 aromatic rings. The van der Waals surface area contributed by atoms with E-state index < -0.39 is 0 Å². The SMILES string of the molecule is OCC1CCCOC1c1cncs1. The molecule has 2 heterocycles. The summed E-state index contributed by atoms with van der Waals surface area (Å²) in [5.74, 6) is 0.259. The average molecular weight is 199 g/mol. The van der Waals surface area contributed by atoms with Crippen LogP contribution in [0.3, 0.4) is 0 Å². The second kappa shape index (κ2) is 4.17. The van der Waals surface area contributed by atoms with Gasteiger partial charge in [0.1, 0.15) is 0 Å². The summed E-state index contributed by atoms with van der Waals surface area (Å²) in [6.07, 6.45) is 4.02. The molecule has 2 rings (SSSR count). The standard InChI is InChI=1S/C9H13NO2S/c11-5-7-2-1-3-12-9(7)8-4-10-6-13-8/h4,6-7,9,11H,1-3,5H2. The molecule has 1 aromatic heterocycles. The van der Waals surface area contributed by atoms with Crippen molar-refractivity contribution in [2.24, 2.45) is 5.92 Å². The average Bonchev–Trinajstić information content (AvgIpc) is 2.70. The van der Waals surface area contributed by atoms with Gasteiger partial charge in [-0.05, 0) is 12.8 Å². The molecule has 0 radical (unpaired) electrons. The lowest BCUT2D eigenvalue weighted by Gasteiger charge is -2.29. The topological polar surface area (TPSA) is 42.4 Å². The van der Waals surface area contributed by atoms with E-state index in [1.807, 2.05) is 11.7 Å². The van der Waals surface area contributed by atoms with Gasteiger partial charge in [-0.25, -0.2) is 0 Å². The predicted octanol–water partition coefficient (Wildman–Crippen LogP) is 1.60. The molecule has 72 valence electrons. The Balaban J connectivity index is 2.11. The van der Waals surface area contributed by atoms with Crippen LogP contribution in [0.5, 0.6) is 0 Å². The fourth-order valence-electron chi connectivity index (χ4n) is 1.71. The van der Waals surface area contributed by atoms with Gasteiger partial charge in [-0.3, -0.25) is 4.98 Å². The minimum absolute atomic E-state index is 0.0752. The minimum atomic E-state index is 0.0752. The maximum Gasteiger partial charge on any atom is 0.0982 e. The molecule has 3 nitrogen and oxygen atoms in total. The summed E-state index contributed by atoms with van der Waals surface area (Å²) in [7, 11) is 0. The molecule has 4 heteroatoms. The lowest BCUT2D eigenvalue weighted by molar-refractivity contribution is -0.0438. The van der Waals surface area contributed by atoms with Gasteiger partial charge >= 0.3 is 0 Å². The van der Waals surface area contributed by atoms with Crippen molar-refractivity contribution < 1.29 is 9.84 Å². The summed E-state index contributed by atoms with van der Waals surface area (Å²) < 4.78 is 5.64. The molecule has 0 amide bonds. The predicted molar refractivity (Wildman–Crippen MR) is 50.6 cm³/mol. The van der Waals surface area contributed by atoms with Crippen LogP contribution in [-0.4, -0.2) is 23.3 Å². The van der Waals surface area contributed by atoms with Crippen LogP contribution in [0.4, 0.5) is 0 Å². The smallest absolute Gasteiger partial charge is 0.0982 e. The third-order valence-corrected chi connectivity index (χ3v) is 3.25. The molecule has 0 spiro atoms. The minimum Gasteiger partial charge on any atom is -0.396 e. The van der Waals surface area contributed by atoms with E-state index in [1.54, 1.807) is 11.3 Å². The first-order chi connectivity index (χ1) is 6.42. The van der Waals surface area contributed by atoms with E-state index in [9.17, 15) is 0 Å². The van der Waals surface area contributed by atoms with Crippen LogP contribution in [0.2, 0.25) is 0 Å². The highest BCUT2D eigenvalue weighted by Gasteiger charge is 2.27. The van der Waals surface area contributed by atoms with Crippen LogP contribution >= 0.6 is 11.3 Å². The van der Waals surface area contributed by atoms with E-state index in [1.165, 1.54) is 0 Å². The van der Waals surface area contributed by atoms with Crippen molar-refractivity contribution >= 4 is 11.3 Å². The van der Waals surface area contributed by atoms with Crippen LogP contribution in [0.25, 0.3) is 0 Å². The Morgan fingerprint density at radius 1 is 1.69 bits per heavy atom. The van der Waals surface area contributed by atoms with Crippen molar-refractivity contribution in [2.75, 3.05) is 13.2 Å². The van der Waals surface area contributed by atoms with Gasteiger partial charge < -0.3 is 9.84 Å². The molecule has 1 fully saturated rings. The Labute approximate surface area is 81.4 Å². The van der Waals surface area contributed by atoms with Gasteiger partial charge in [0.15, 0.2) is 0 Å². The summed E-state index contributed by atoms with van der Waals surface area (Å²) in [4.78, 5) is 5.16. The number of hydrogen-bond acceptors (Lipinski definition) is 4. The van der Waals surface area contributed by atoms with E-state index in [-0.39, 0.29) is 18.6 Å². The van der Waals surface area contributed by atoms with Gasteiger partial charge in [0, 0.05) is 25.3 Å². The molecule has 0 bridgehead atoms. The molecule has 0 aliphatic carbocycles. The lowest BCUT2D eigenvalue weighted by Crippen LogP contribution is -2.24. The van der Waals surface area contributed by atoms with E-state index in [4.69, 9.17) is 9.84 Å². The molecule has 13 heavy (non-hydrogen) atoms. The zero-order chi connectivity index (χ0) is 9.10. The Morgan fingerprint density at radius 3 is 3.31 bits per heavy atom. The number of ether oxygens (including phenoxy) is 1. The summed E-state index contributed by atoms with van der Waals surface area (Å²) in [6, 6.07) is 0.